The average molecular weight is 305 g/mol. The molecule has 4 heteroatoms. The molecule has 114 valence electrons. The number of hydrogen-bond donors (Lipinski definition) is 1. The third-order valence-corrected chi connectivity index (χ3v) is 5.58. The van der Waals surface area contributed by atoms with Crippen LogP contribution in [0.4, 0.5) is 5.69 Å². The molecular formula is C17H23NO2S. The number of ether oxygens (including phenoxy) is 1. The molecule has 1 atom stereocenters. The summed E-state index contributed by atoms with van der Waals surface area (Å²) < 4.78 is 6.06. The molecule has 21 heavy (non-hydrogen) atoms. The molecule has 1 unspecified atom stereocenters. The van der Waals surface area contributed by atoms with Gasteiger partial charge < -0.3 is 10.1 Å². The summed E-state index contributed by atoms with van der Waals surface area (Å²) in [7, 11) is 0. The molecule has 1 aromatic rings. The summed E-state index contributed by atoms with van der Waals surface area (Å²) in [5, 5.41) is 3.24. The van der Waals surface area contributed by atoms with E-state index >= 15 is 0 Å². The van der Waals surface area contributed by atoms with Crippen LogP contribution < -0.4 is 5.32 Å². The van der Waals surface area contributed by atoms with Gasteiger partial charge in [0.2, 0.25) is 0 Å². The SMILES string of the molecule is O=C(CNc1ccccc1)C1CCOC2(CCSCC2)C1. The molecule has 2 aliphatic heterocycles. The normalized spacial score (nSPS) is 24.7. The second-order valence-corrected chi connectivity index (χ2v) is 7.24. The minimum Gasteiger partial charge on any atom is -0.378 e. The number of thioether (sulfide) groups is 1. The maximum absolute atomic E-state index is 12.5. The van der Waals surface area contributed by atoms with Crippen LogP contribution in [0, 0.1) is 5.92 Å². The fraction of sp³-hybridized carbons (Fsp3) is 0.588. The van der Waals surface area contributed by atoms with Gasteiger partial charge in [-0.25, -0.2) is 0 Å². The number of anilines is 1. The predicted molar refractivity (Wildman–Crippen MR) is 87.9 cm³/mol. The lowest BCUT2D eigenvalue weighted by atomic mass is 9.80. The van der Waals surface area contributed by atoms with E-state index in [9.17, 15) is 4.79 Å². The molecular weight excluding hydrogens is 282 g/mol. The highest BCUT2D eigenvalue weighted by Crippen LogP contribution is 2.39. The third kappa shape index (κ3) is 3.80. The Morgan fingerprint density at radius 2 is 2.05 bits per heavy atom. The van der Waals surface area contributed by atoms with Crippen LogP contribution in [0.15, 0.2) is 30.3 Å². The Labute approximate surface area is 130 Å². The fourth-order valence-corrected chi connectivity index (χ4v) is 4.52. The Hall–Kier alpha value is -1.00. The summed E-state index contributed by atoms with van der Waals surface area (Å²) >= 11 is 2.00. The smallest absolute Gasteiger partial charge is 0.155 e. The largest absolute Gasteiger partial charge is 0.378 e. The third-order valence-electron chi connectivity index (χ3n) is 4.59. The molecule has 0 radical (unpaired) electrons. The molecule has 2 aliphatic rings. The van der Waals surface area contributed by atoms with Crippen molar-refractivity contribution in [2.24, 2.45) is 5.92 Å². The summed E-state index contributed by atoms with van der Waals surface area (Å²) in [6.07, 6.45) is 4.01. The first kappa shape index (κ1) is 14.9. The van der Waals surface area contributed by atoms with Gasteiger partial charge in [0.25, 0.3) is 0 Å². The second-order valence-electron chi connectivity index (χ2n) is 6.02. The number of hydrogen-bond acceptors (Lipinski definition) is 4. The van der Waals surface area contributed by atoms with E-state index in [1.165, 1.54) is 11.5 Å². The van der Waals surface area contributed by atoms with Crippen LogP contribution in [-0.2, 0) is 9.53 Å². The van der Waals surface area contributed by atoms with Gasteiger partial charge in [-0.1, -0.05) is 18.2 Å². The zero-order valence-corrected chi connectivity index (χ0v) is 13.2. The summed E-state index contributed by atoms with van der Waals surface area (Å²) in [5.74, 6) is 2.84. The number of para-hydroxylation sites is 1. The van der Waals surface area contributed by atoms with E-state index in [4.69, 9.17) is 4.74 Å². The Morgan fingerprint density at radius 1 is 1.29 bits per heavy atom. The van der Waals surface area contributed by atoms with Crippen molar-refractivity contribution in [3.8, 4) is 0 Å². The van der Waals surface area contributed by atoms with E-state index in [-0.39, 0.29) is 11.5 Å². The van der Waals surface area contributed by atoms with Gasteiger partial charge in [0.05, 0.1) is 12.1 Å². The van der Waals surface area contributed by atoms with Gasteiger partial charge in [-0.15, -0.1) is 0 Å². The molecule has 1 spiro atoms. The van der Waals surface area contributed by atoms with Gasteiger partial charge in [-0.3, -0.25) is 4.79 Å². The highest BCUT2D eigenvalue weighted by atomic mass is 32.2. The summed E-state index contributed by atoms with van der Waals surface area (Å²) in [5.41, 5.74) is 1.01. The van der Waals surface area contributed by atoms with Gasteiger partial charge in [0.1, 0.15) is 0 Å². The number of Topliss-reactive ketones (excluding diaryl/α,β-unsaturated/α-hetero) is 1. The van der Waals surface area contributed by atoms with Gasteiger partial charge >= 0.3 is 0 Å². The number of rotatable bonds is 4. The lowest BCUT2D eigenvalue weighted by Gasteiger charge is -2.43. The highest BCUT2D eigenvalue weighted by Gasteiger charge is 2.40. The molecule has 0 aliphatic carbocycles. The average Bonchev–Trinajstić information content (AvgIpc) is 2.54. The first-order valence-corrected chi connectivity index (χ1v) is 8.96. The molecule has 2 fully saturated rings. The predicted octanol–water partition coefficient (Wildman–Crippen LogP) is 3.36. The monoisotopic (exact) mass is 305 g/mol. The summed E-state index contributed by atoms with van der Waals surface area (Å²) in [6, 6.07) is 9.94. The number of carbonyl (C=O) groups excluding carboxylic acids is 1. The van der Waals surface area contributed by atoms with Gasteiger partial charge in [0, 0.05) is 18.2 Å². The van der Waals surface area contributed by atoms with E-state index in [1.54, 1.807) is 0 Å². The van der Waals surface area contributed by atoms with Crippen LogP contribution in [0.1, 0.15) is 25.7 Å². The van der Waals surface area contributed by atoms with Gasteiger partial charge in [0.15, 0.2) is 5.78 Å². The minimum absolute atomic E-state index is 0.00340. The van der Waals surface area contributed by atoms with Crippen molar-refractivity contribution in [3.05, 3.63) is 30.3 Å². The van der Waals surface area contributed by atoms with Crippen LogP contribution in [0.25, 0.3) is 0 Å². The van der Waals surface area contributed by atoms with E-state index in [1.807, 2.05) is 42.1 Å². The van der Waals surface area contributed by atoms with E-state index in [0.29, 0.717) is 12.3 Å². The Morgan fingerprint density at radius 3 is 2.81 bits per heavy atom. The van der Waals surface area contributed by atoms with Crippen molar-refractivity contribution in [1.29, 1.82) is 0 Å². The molecule has 2 heterocycles. The molecule has 1 aromatic carbocycles. The van der Waals surface area contributed by atoms with Crippen molar-refractivity contribution in [2.45, 2.75) is 31.3 Å². The second kappa shape index (κ2) is 6.84. The molecule has 1 N–H and O–H groups in total. The molecule has 3 nitrogen and oxygen atoms in total. The van der Waals surface area contributed by atoms with Gasteiger partial charge in [-0.2, -0.15) is 11.8 Å². The van der Waals surface area contributed by atoms with Crippen LogP contribution >= 0.6 is 11.8 Å². The quantitative estimate of drug-likeness (QED) is 0.926. The van der Waals surface area contributed by atoms with Crippen molar-refractivity contribution in [1.82, 2.24) is 0 Å². The van der Waals surface area contributed by atoms with Crippen LogP contribution in [0.2, 0.25) is 0 Å². The lowest BCUT2D eigenvalue weighted by Crippen LogP contribution is -2.45. The van der Waals surface area contributed by atoms with E-state index in [0.717, 1.165) is 38.0 Å². The van der Waals surface area contributed by atoms with Crippen molar-refractivity contribution >= 4 is 23.2 Å². The van der Waals surface area contributed by atoms with Crippen LogP contribution in [-0.4, -0.2) is 36.0 Å². The summed E-state index contributed by atoms with van der Waals surface area (Å²) in [6.45, 7) is 1.17. The summed E-state index contributed by atoms with van der Waals surface area (Å²) in [4.78, 5) is 12.5. The maximum atomic E-state index is 12.5. The number of carbonyl (C=O) groups is 1. The van der Waals surface area contributed by atoms with E-state index in [2.05, 4.69) is 5.32 Å². The Bertz CT molecular complexity index is 465. The Kier molecular flexibility index (Phi) is 4.86. The molecule has 2 saturated heterocycles. The number of ketones is 1. The standard InChI is InChI=1S/C17H23NO2S/c19-16(13-18-15-4-2-1-3-5-15)14-6-9-20-17(12-14)7-10-21-11-8-17/h1-5,14,18H,6-13H2. The molecule has 3 rings (SSSR count). The van der Waals surface area contributed by atoms with E-state index < -0.39 is 0 Å². The molecule has 0 aromatic heterocycles. The zero-order chi connectivity index (χ0) is 14.5. The zero-order valence-electron chi connectivity index (χ0n) is 12.3. The Balaban J connectivity index is 1.54. The molecule has 0 amide bonds. The van der Waals surface area contributed by atoms with Crippen molar-refractivity contribution < 1.29 is 9.53 Å². The maximum Gasteiger partial charge on any atom is 0.155 e. The highest BCUT2D eigenvalue weighted by molar-refractivity contribution is 7.99. The molecule has 0 bridgehead atoms. The van der Waals surface area contributed by atoms with Crippen molar-refractivity contribution in [3.63, 3.8) is 0 Å². The first-order valence-electron chi connectivity index (χ1n) is 7.81. The molecule has 0 saturated carbocycles. The van der Waals surface area contributed by atoms with Crippen LogP contribution in [0.3, 0.4) is 0 Å². The van der Waals surface area contributed by atoms with Gasteiger partial charge in [-0.05, 0) is 49.3 Å². The number of nitrogens with one attached hydrogen (secondary N) is 1. The topological polar surface area (TPSA) is 38.3 Å². The fourth-order valence-electron chi connectivity index (χ4n) is 3.28. The first-order chi connectivity index (χ1) is 10.3. The lowest BCUT2D eigenvalue weighted by molar-refractivity contribution is -0.136. The van der Waals surface area contributed by atoms with Crippen molar-refractivity contribution in [2.75, 3.05) is 30.0 Å². The minimum atomic E-state index is -0.00340. The van der Waals surface area contributed by atoms with Crippen LogP contribution in [0.5, 0.6) is 0 Å². The number of benzene rings is 1.